The standard InChI is InChI=1S/C17H30N4O3.C11H14/c1-11(19-2)16(23)20-14(12-7-4-3-5-8-12)17(24)21-10-6-9-13(21)15(18)22;1-9-5-4-7-10-6-2-3-8-11(9)10/h11-14,19H,3-10H2,1-2H3,(H2,18,22)(H,20,23);2-3,6,8-9H,4-5,7H2,1H3/t11-,13-,14+;/m0./s1. The molecule has 7 heteroatoms. The van der Waals surface area contributed by atoms with Crippen LogP contribution in [0.15, 0.2) is 24.3 Å². The predicted octanol–water partition coefficient (Wildman–Crippen LogP) is 3.26. The van der Waals surface area contributed by atoms with Gasteiger partial charge in [-0.05, 0) is 81.9 Å². The van der Waals surface area contributed by atoms with Crippen molar-refractivity contribution in [1.82, 2.24) is 15.5 Å². The molecule has 1 saturated carbocycles. The molecule has 0 bridgehead atoms. The molecule has 4 atom stereocenters. The second-order valence-corrected chi connectivity index (χ2v) is 10.5. The highest BCUT2D eigenvalue weighted by Gasteiger charge is 2.40. The van der Waals surface area contributed by atoms with Crippen molar-refractivity contribution in [3.05, 3.63) is 35.4 Å². The maximum atomic E-state index is 13.1. The Kier molecular flexibility index (Phi) is 10.1. The highest BCUT2D eigenvalue weighted by atomic mass is 16.2. The van der Waals surface area contributed by atoms with Gasteiger partial charge in [0.25, 0.3) is 0 Å². The number of primary amides is 1. The van der Waals surface area contributed by atoms with E-state index in [0.717, 1.165) is 38.0 Å². The van der Waals surface area contributed by atoms with Crippen LogP contribution in [0.2, 0.25) is 0 Å². The second kappa shape index (κ2) is 13.1. The highest BCUT2D eigenvalue weighted by Crippen LogP contribution is 2.31. The van der Waals surface area contributed by atoms with Crippen molar-refractivity contribution in [3.8, 4) is 0 Å². The number of nitrogens with two attached hydrogens (primary N) is 1. The molecule has 2 fully saturated rings. The number of nitrogens with zero attached hydrogens (tertiary/aromatic N) is 1. The SMILES string of the molecule is CC1CCCc2ccccc21.CN[C@@H](C)C(=O)N[C@@H](C(=O)N1CCC[C@H]1C(N)=O)C1CCCCC1. The van der Waals surface area contributed by atoms with Gasteiger partial charge in [0.15, 0.2) is 0 Å². The number of likely N-dealkylation sites (N-methyl/N-ethyl adjacent to an activating group) is 1. The molecule has 7 nitrogen and oxygen atoms in total. The molecule has 194 valence electrons. The zero-order chi connectivity index (χ0) is 25.4. The number of hydrogen-bond acceptors (Lipinski definition) is 4. The topological polar surface area (TPSA) is 105 Å². The van der Waals surface area contributed by atoms with Crippen molar-refractivity contribution in [2.75, 3.05) is 13.6 Å². The predicted molar refractivity (Wildman–Crippen MR) is 139 cm³/mol. The first-order valence-corrected chi connectivity index (χ1v) is 13.5. The summed E-state index contributed by atoms with van der Waals surface area (Å²) in [7, 11) is 1.71. The summed E-state index contributed by atoms with van der Waals surface area (Å²) in [4.78, 5) is 38.6. The van der Waals surface area contributed by atoms with Crippen LogP contribution in [0.1, 0.15) is 88.7 Å². The highest BCUT2D eigenvalue weighted by molar-refractivity contribution is 5.93. The van der Waals surface area contributed by atoms with Crippen molar-refractivity contribution in [2.24, 2.45) is 11.7 Å². The van der Waals surface area contributed by atoms with Crippen LogP contribution in [0.3, 0.4) is 0 Å². The van der Waals surface area contributed by atoms with Crippen LogP contribution in [-0.2, 0) is 20.8 Å². The van der Waals surface area contributed by atoms with Crippen molar-refractivity contribution in [3.63, 3.8) is 0 Å². The third-order valence-electron chi connectivity index (χ3n) is 8.04. The largest absolute Gasteiger partial charge is 0.368 e. The van der Waals surface area contributed by atoms with E-state index in [4.69, 9.17) is 5.73 Å². The number of rotatable bonds is 6. The lowest BCUT2D eigenvalue weighted by molar-refractivity contribution is -0.142. The van der Waals surface area contributed by atoms with E-state index >= 15 is 0 Å². The molecule has 0 radical (unpaired) electrons. The first-order chi connectivity index (χ1) is 16.8. The van der Waals surface area contributed by atoms with Crippen molar-refractivity contribution >= 4 is 17.7 Å². The molecule has 1 aromatic carbocycles. The fraction of sp³-hybridized carbons (Fsp3) is 0.679. The molecular weight excluding hydrogens is 440 g/mol. The molecule has 0 aromatic heterocycles. The molecule has 4 rings (SSSR count). The van der Waals surface area contributed by atoms with Crippen LogP contribution >= 0.6 is 0 Å². The smallest absolute Gasteiger partial charge is 0.246 e. The van der Waals surface area contributed by atoms with Crippen LogP contribution in [-0.4, -0.2) is 54.3 Å². The molecule has 1 unspecified atom stereocenters. The minimum atomic E-state index is -0.562. The van der Waals surface area contributed by atoms with E-state index in [1.54, 1.807) is 30.0 Å². The summed E-state index contributed by atoms with van der Waals surface area (Å²) in [6.07, 6.45) is 10.6. The van der Waals surface area contributed by atoms with E-state index in [2.05, 4.69) is 41.8 Å². The Labute approximate surface area is 210 Å². The van der Waals surface area contributed by atoms with Crippen LogP contribution in [0, 0.1) is 5.92 Å². The van der Waals surface area contributed by atoms with Gasteiger partial charge in [0.1, 0.15) is 12.1 Å². The number of carbonyl (C=O) groups excluding carboxylic acids is 3. The number of amides is 3. The van der Waals surface area contributed by atoms with Gasteiger partial charge in [-0.1, -0.05) is 50.5 Å². The molecule has 1 saturated heterocycles. The number of fused-ring (bicyclic) bond motifs is 1. The molecule has 3 amide bonds. The van der Waals surface area contributed by atoms with E-state index in [1.165, 1.54) is 25.7 Å². The summed E-state index contributed by atoms with van der Waals surface area (Å²) in [6, 6.07) is 7.38. The Bertz CT molecular complexity index is 868. The first-order valence-electron chi connectivity index (χ1n) is 13.5. The van der Waals surface area contributed by atoms with Crippen molar-refractivity contribution in [1.29, 1.82) is 0 Å². The Morgan fingerprint density at radius 1 is 1.00 bits per heavy atom. The van der Waals surface area contributed by atoms with E-state index < -0.39 is 18.0 Å². The average Bonchev–Trinajstić information content (AvgIpc) is 3.38. The summed E-state index contributed by atoms with van der Waals surface area (Å²) in [6.45, 7) is 4.63. The molecule has 4 N–H and O–H groups in total. The molecular formula is C28H44N4O3. The molecule has 2 aliphatic carbocycles. The van der Waals surface area contributed by atoms with Gasteiger partial charge in [-0.2, -0.15) is 0 Å². The quantitative estimate of drug-likeness (QED) is 0.576. The molecule has 1 aliphatic heterocycles. The van der Waals surface area contributed by atoms with E-state index in [0.29, 0.717) is 13.0 Å². The first kappa shape index (κ1) is 27.2. The van der Waals surface area contributed by atoms with Crippen LogP contribution in [0.4, 0.5) is 0 Å². The third-order valence-corrected chi connectivity index (χ3v) is 8.04. The molecule has 0 spiro atoms. The lowest BCUT2D eigenvalue weighted by atomic mass is 9.83. The number of nitrogens with one attached hydrogen (secondary N) is 2. The Morgan fingerprint density at radius 2 is 1.71 bits per heavy atom. The molecule has 1 heterocycles. The van der Waals surface area contributed by atoms with E-state index in [-0.39, 0.29) is 23.8 Å². The van der Waals surface area contributed by atoms with Crippen molar-refractivity contribution in [2.45, 2.75) is 102 Å². The summed E-state index contributed by atoms with van der Waals surface area (Å²) in [5.41, 5.74) is 8.60. The lowest BCUT2D eigenvalue weighted by Gasteiger charge is -2.34. The fourth-order valence-corrected chi connectivity index (χ4v) is 5.76. The third kappa shape index (κ3) is 7.06. The zero-order valence-electron chi connectivity index (χ0n) is 21.7. The number of hydrogen-bond donors (Lipinski definition) is 3. The number of aryl methyl sites for hydroxylation is 1. The Hall–Kier alpha value is -2.41. The van der Waals surface area contributed by atoms with Gasteiger partial charge >= 0.3 is 0 Å². The van der Waals surface area contributed by atoms with Crippen LogP contribution in [0.25, 0.3) is 0 Å². The Morgan fingerprint density at radius 3 is 2.37 bits per heavy atom. The summed E-state index contributed by atoms with van der Waals surface area (Å²) in [5, 5.41) is 5.83. The van der Waals surface area contributed by atoms with Gasteiger partial charge in [-0.25, -0.2) is 0 Å². The van der Waals surface area contributed by atoms with Gasteiger partial charge in [0.05, 0.1) is 6.04 Å². The van der Waals surface area contributed by atoms with Crippen LogP contribution < -0.4 is 16.4 Å². The van der Waals surface area contributed by atoms with Crippen molar-refractivity contribution < 1.29 is 14.4 Å². The second-order valence-electron chi connectivity index (χ2n) is 10.5. The molecule has 3 aliphatic rings. The van der Waals surface area contributed by atoms with Gasteiger partial charge in [-0.15, -0.1) is 0 Å². The minimum Gasteiger partial charge on any atom is -0.368 e. The minimum absolute atomic E-state index is 0.133. The number of carbonyl (C=O) groups is 3. The van der Waals surface area contributed by atoms with E-state index in [1.807, 2.05) is 0 Å². The fourth-order valence-electron chi connectivity index (χ4n) is 5.76. The summed E-state index contributed by atoms with van der Waals surface area (Å²) >= 11 is 0. The monoisotopic (exact) mass is 484 g/mol. The number of benzene rings is 1. The van der Waals surface area contributed by atoms with Gasteiger partial charge in [0, 0.05) is 6.54 Å². The van der Waals surface area contributed by atoms with Gasteiger partial charge in [0.2, 0.25) is 17.7 Å². The van der Waals surface area contributed by atoms with Crippen LogP contribution in [0.5, 0.6) is 0 Å². The Balaban J connectivity index is 0.000000256. The molecule has 35 heavy (non-hydrogen) atoms. The maximum absolute atomic E-state index is 13.1. The summed E-state index contributed by atoms with van der Waals surface area (Å²) in [5.74, 6) is 0.127. The number of likely N-dealkylation sites (tertiary alicyclic amines) is 1. The zero-order valence-corrected chi connectivity index (χ0v) is 21.7. The molecule has 1 aromatic rings. The van der Waals surface area contributed by atoms with E-state index in [9.17, 15) is 14.4 Å². The maximum Gasteiger partial charge on any atom is 0.246 e. The van der Waals surface area contributed by atoms with Gasteiger partial charge < -0.3 is 21.3 Å². The average molecular weight is 485 g/mol. The lowest BCUT2D eigenvalue weighted by Crippen LogP contribution is -2.57. The van der Waals surface area contributed by atoms with Gasteiger partial charge in [-0.3, -0.25) is 14.4 Å². The summed E-state index contributed by atoms with van der Waals surface area (Å²) < 4.78 is 0. The normalized spacial score (nSPS) is 23.9.